The first-order valence-corrected chi connectivity index (χ1v) is 11.4. The molecular weight excluding hydrogens is 408 g/mol. The summed E-state index contributed by atoms with van der Waals surface area (Å²) in [7, 11) is 0. The molecule has 0 atom stereocenters. The maximum Gasteiger partial charge on any atom is 0.317 e. The minimum absolute atomic E-state index is 0.0430. The van der Waals surface area contributed by atoms with Gasteiger partial charge in [-0.2, -0.15) is 0 Å². The van der Waals surface area contributed by atoms with Crippen molar-refractivity contribution >= 4 is 17.8 Å². The predicted octanol–water partition coefficient (Wildman–Crippen LogP) is 2.27. The summed E-state index contributed by atoms with van der Waals surface area (Å²) in [5.74, 6) is 1.72. The first-order valence-electron chi connectivity index (χ1n) is 11.4. The van der Waals surface area contributed by atoms with Crippen LogP contribution in [0.5, 0.6) is 0 Å². The van der Waals surface area contributed by atoms with E-state index in [1.807, 2.05) is 31.0 Å². The molecule has 2 aliphatic heterocycles. The van der Waals surface area contributed by atoms with Gasteiger partial charge in [0.15, 0.2) is 0 Å². The lowest BCUT2D eigenvalue weighted by Crippen LogP contribution is -2.53. The van der Waals surface area contributed by atoms with Gasteiger partial charge < -0.3 is 24.5 Å². The zero-order valence-corrected chi connectivity index (χ0v) is 19.0. The van der Waals surface area contributed by atoms with Gasteiger partial charge in [-0.1, -0.05) is 5.16 Å². The first-order chi connectivity index (χ1) is 15.5. The number of hydrogen-bond acceptors (Lipinski definition) is 6. The number of nitrogens with one attached hydrogen (secondary N) is 1. The van der Waals surface area contributed by atoms with Crippen LogP contribution in [0.15, 0.2) is 22.9 Å². The number of pyridine rings is 1. The van der Waals surface area contributed by atoms with Gasteiger partial charge in [0.1, 0.15) is 11.6 Å². The largest absolute Gasteiger partial charge is 0.361 e. The smallest absolute Gasteiger partial charge is 0.317 e. The Hall–Kier alpha value is -3.10. The lowest BCUT2D eigenvalue weighted by atomic mass is 10.1. The first kappa shape index (κ1) is 22.1. The maximum atomic E-state index is 12.6. The van der Waals surface area contributed by atoms with Crippen molar-refractivity contribution < 1.29 is 14.1 Å². The number of aryl methyl sites for hydroxylation is 2. The van der Waals surface area contributed by atoms with Crippen LogP contribution < -0.4 is 10.2 Å². The number of aromatic nitrogens is 2. The highest BCUT2D eigenvalue weighted by Crippen LogP contribution is 2.18. The molecule has 0 aromatic carbocycles. The molecule has 172 valence electrons. The molecular formula is C23H32N6O3. The molecule has 9 nitrogen and oxygen atoms in total. The topological polar surface area (TPSA) is 94.8 Å². The molecule has 2 aliphatic rings. The lowest BCUT2D eigenvalue weighted by Gasteiger charge is -2.34. The standard InChI is InChI=1S/C23H32N6O3/c1-17-20(18(2)32-26-17)15-22(30)28-10-12-29(13-11-28)23(31)25-16-19-6-7-24-21(14-19)27-8-4-3-5-9-27/h6-7,14H,3-5,8-13,15-16H2,1-2H3,(H,25,31). The van der Waals surface area contributed by atoms with Crippen LogP contribution in [0.1, 0.15) is 41.8 Å². The number of urea groups is 1. The van der Waals surface area contributed by atoms with Crippen molar-refractivity contribution in [3.8, 4) is 0 Å². The van der Waals surface area contributed by atoms with E-state index >= 15 is 0 Å². The maximum absolute atomic E-state index is 12.6. The lowest BCUT2D eigenvalue weighted by molar-refractivity contribution is -0.131. The van der Waals surface area contributed by atoms with Crippen LogP contribution in [-0.2, 0) is 17.8 Å². The molecule has 4 heterocycles. The second kappa shape index (κ2) is 10.0. The molecule has 0 aliphatic carbocycles. The number of nitrogens with zero attached hydrogens (tertiary/aromatic N) is 5. The number of piperidine rings is 1. The van der Waals surface area contributed by atoms with Crippen molar-refractivity contribution in [1.29, 1.82) is 0 Å². The van der Waals surface area contributed by atoms with E-state index in [0.29, 0.717) is 38.5 Å². The van der Waals surface area contributed by atoms with E-state index in [2.05, 4.69) is 26.4 Å². The van der Waals surface area contributed by atoms with Gasteiger partial charge in [-0.25, -0.2) is 9.78 Å². The molecule has 32 heavy (non-hydrogen) atoms. The van der Waals surface area contributed by atoms with Crippen LogP contribution in [0.2, 0.25) is 0 Å². The fraction of sp³-hybridized carbons (Fsp3) is 0.565. The number of carbonyl (C=O) groups is 2. The van der Waals surface area contributed by atoms with Crippen molar-refractivity contribution in [1.82, 2.24) is 25.3 Å². The quantitative estimate of drug-likeness (QED) is 0.767. The molecule has 3 amide bonds. The minimum atomic E-state index is -0.0980. The third-order valence-electron chi connectivity index (χ3n) is 6.36. The van der Waals surface area contributed by atoms with E-state index < -0.39 is 0 Å². The van der Waals surface area contributed by atoms with Crippen LogP contribution in [0.25, 0.3) is 0 Å². The average molecular weight is 441 g/mol. The number of amides is 3. The average Bonchev–Trinajstić information content (AvgIpc) is 3.15. The molecule has 9 heteroatoms. The molecule has 2 aromatic rings. The summed E-state index contributed by atoms with van der Waals surface area (Å²) in [6.07, 6.45) is 5.79. The molecule has 0 radical (unpaired) electrons. The highest BCUT2D eigenvalue weighted by atomic mass is 16.5. The minimum Gasteiger partial charge on any atom is -0.361 e. The van der Waals surface area contributed by atoms with E-state index in [9.17, 15) is 9.59 Å². The molecule has 4 rings (SSSR count). The normalized spacial score (nSPS) is 16.9. The molecule has 1 N–H and O–H groups in total. The third kappa shape index (κ3) is 5.20. The SMILES string of the molecule is Cc1noc(C)c1CC(=O)N1CCN(C(=O)NCc2ccnc(N3CCCCC3)c2)CC1. The van der Waals surface area contributed by atoms with Crippen molar-refractivity contribution in [3.05, 3.63) is 40.9 Å². The van der Waals surface area contributed by atoms with Crippen molar-refractivity contribution in [2.24, 2.45) is 0 Å². The van der Waals surface area contributed by atoms with E-state index in [-0.39, 0.29) is 18.4 Å². The molecule has 0 bridgehead atoms. The summed E-state index contributed by atoms with van der Waals surface area (Å²) < 4.78 is 5.15. The van der Waals surface area contributed by atoms with E-state index in [0.717, 1.165) is 35.7 Å². The number of anilines is 1. The zero-order valence-electron chi connectivity index (χ0n) is 19.0. The summed E-state index contributed by atoms with van der Waals surface area (Å²) >= 11 is 0. The Labute approximate surface area is 188 Å². The van der Waals surface area contributed by atoms with Crippen molar-refractivity contribution in [2.45, 2.75) is 46.1 Å². The number of rotatable bonds is 5. The molecule has 2 saturated heterocycles. The second-order valence-corrected chi connectivity index (χ2v) is 8.58. The molecule has 0 saturated carbocycles. The third-order valence-corrected chi connectivity index (χ3v) is 6.36. The molecule has 2 fully saturated rings. The van der Waals surface area contributed by atoms with E-state index in [1.165, 1.54) is 19.3 Å². The van der Waals surface area contributed by atoms with Gasteiger partial charge >= 0.3 is 6.03 Å². The monoisotopic (exact) mass is 440 g/mol. The summed E-state index contributed by atoms with van der Waals surface area (Å²) in [6.45, 7) is 8.33. The van der Waals surface area contributed by atoms with Gasteiger partial charge in [0.25, 0.3) is 0 Å². The van der Waals surface area contributed by atoms with Gasteiger partial charge in [0.2, 0.25) is 5.91 Å². The van der Waals surface area contributed by atoms with Crippen molar-refractivity contribution in [2.75, 3.05) is 44.2 Å². The summed E-state index contributed by atoms with van der Waals surface area (Å²) in [5, 5.41) is 6.92. The Morgan fingerprint density at radius 3 is 2.44 bits per heavy atom. The van der Waals surface area contributed by atoms with Gasteiger partial charge in [-0.15, -0.1) is 0 Å². The van der Waals surface area contributed by atoms with Crippen molar-refractivity contribution in [3.63, 3.8) is 0 Å². The molecule has 0 spiro atoms. The van der Waals surface area contributed by atoms with Crippen LogP contribution in [-0.4, -0.2) is 71.1 Å². The Bertz CT molecular complexity index is 925. The van der Waals surface area contributed by atoms with Gasteiger partial charge in [0.05, 0.1) is 12.1 Å². The molecule has 2 aromatic heterocycles. The Balaban J connectivity index is 1.24. The summed E-state index contributed by atoms with van der Waals surface area (Å²) in [5.41, 5.74) is 2.66. The van der Waals surface area contributed by atoms with Gasteiger partial charge in [-0.3, -0.25) is 4.79 Å². The van der Waals surface area contributed by atoms with E-state index in [1.54, 1.807) is 4.90 Å². The van der Waals surface area contributed by atoms with Crippen LogP contribution in [0.4, 0.5) is 10.6 Å². The Morgan fingerprint density at radius 1 is 1.03 bits per heavy atom. The van der Waals surface area contributed by atoms with Crippen LogP contribution in [0.3, 0.4) is 0 Å². The predicted molar refractivity (Wildman–Crippen MR) is 120 cm³/mol. The van der Waals surface area contributed by atoms with Crippen LogP contribution >= 0.6 is 0 Å². The fourth-order valence-electron chi connectivity index (χ4n) is 4.33. The second-order valence-electron chi connectivity index (χ2n) is 8.58. The number of piperazine rings is 1. The zero-order chi connectivity index (χ0) is 22.5. The summed E-state index contributed by atoms with van der Waals surface area (Å²) in [6, 6.07) is 3.91. The highest BCUT2D eigenvalue weighted by molar-refractivity contribution is 5.80. The number of carbonyl (C=O) groups excluding carboxylic acids is 2. The summed E-state index contributed by atoms with van der Waals surface area (Å²) in [4.78, 5) is 35.7. The Kier molecular flexibility index (Phi) is 6.92. The van der Waals surface area contributed by atoms with Crippen LogP contribution in [0, 0.1) is 13.8 Å². The number of hydrogen-bond donors (Lipinski definition) is 1. The Morgan fingerprint density at radius 2 is 1.75 bits per heavy atom. The molecule has 0 unspecified atom stereocenters. The van der Waals surface area contributed by atoms with E-state index in [4.69, 9.17) is 4.52 Å². The fourth-order valence-corrected chi connectivity index (χ4v) is 4.33. The highest BCUT2D eigenvalue weighted by Gasteiger charge is 2.25. The van der Waals surface area contributed by atoms with Gasteiger partial charge in [-0.05, 0) is 50.8 Å². The van der Waals surface area contributed by atoms with Gasteiger partial charge in [0, 0.05) is 57.6 Å².